The van der Waals surface area contributed by atoms with Crippen molar-refractivity contribution < 1.29 is 14.4 Å². The predicted molar refractivity (Wildman–Crippen MR) is 96.5 cm³/mol. The largest absolute Gasteiger partial charge is 0.491 e. The standard InChI is InChI=1S/C18H26N4O3/c1-4-19-18(20-11-15-9-10-24-22-15)21-12-17(23)14-5-7-16(8-6-14)25-13(2)3/h5-10,13,17,23H,4,11-12H2,1-3H3,(H2,19,20,21). The minimum Gasteiger partial charge on any atom is -0.491 e. The van der Waals surface area contributed by atoms with Crippen molar-refractivity contribution in [3.8, 4) is 5.75 Å². The third-order valence-corrected chi connectivity index (χ3v) is 3.33. The minimum atomic E-state index is -0.649. The summed E-state index contributed by atoms with van der Waals surface area (Å²) in [5.74, 6) is 1.41. The Morgan fingerprint density at radius 2 is 2.00 bits per heavy atom. The molecule has 1 atom stereocenters. The van der Waals surface area contributed by atoms with Crippen LogP contribution in [0.2, 0.25) is 0 Å². The summed E-state index contributed by atoms with van der Waals surface area (Å²) >= 11 is 0. The molecule has 0 aliphatic carbocycles. The normalized spacial score (nSPS) is 12.9. The lowest BCUT2D eigenvalue weighted by Gasteiger charge is -2.16. The third kappa shape index (κ3) is 6.46. The summed E-state index contributed by atoms with van der Waals surface area (Å²) in [5, 5.41) is 20.4. The number of aliphatic hydroxyl groups excluding tert-OH is 1. The van der Waals surface area contributed by atoms with Crippen molar-refractivity contribution >= 4 is 5.96 Å². The molecule has 0 amide bonds. The number of hydrogen-bond donors (Lipinski definition) is 3. The highest BCUT2D eigenvalue weighted by atomic mass is 16.5. The molecule has 0 saturated carbocycles. The van der Waals surface area contributed by atoms with Gasteiger partial charge in [-0.15, -0.1) is 0 Å². The highest BCUT2D eigenvalue weighted by Gasteiger charge is 2.09. The number of hydrogen-bond acceptors (Lipinski definition) is 5. The number of aliphatic hydroxyl groups is 1. The van der Waals surface area contributed by atoms with Crippen LogP contribution in [0.4, 0.5) is 0 Å². The summed E-state index contributed by atoms with van der Waals surface area (Å²) in [6.45, 7) is 7.41. The van der Waals surface area contributed by atoms with E-state index < -0.39 is 6.10 Å². The molecular weight excluding hydrogens is 320 g/mol. The van der Waals surface area contributed by atoms with Crippen molar-refractivity contribution in [3.05, 3.63) is 47.9 Å². The number of rotatable bonds is 8. The van der Waals surface area contributed by atoms with Gasteiger partial charge in [0.05, 0.1) is 18.8 Å². The van der Waals surface area contributed by atoms with Gasteiger partial charge in [-0.1, -0.05) is 17.3 Å². The third-order valence-electron chi connectivity index (χ3n) is 3.33. The van der Waals surface area contributed by atoms with Gasteiger partial charge >= 0.3 is 0 Å². The van der Waals surface area contributed by atoms with Crippen LogP contribution in [0.3, 0.4) is 0 Å². The molecule has 0 saturated heterocycles. The Balaban J connectivity index is 1.89. The molecular formula is C18H26N4O3. The average Bonchev–Trinajstić information content (AvgIpc) is 3.10. The molecule has 136 valence electrons. The molecule has 0 bridgehead atoms. The monoisotopic (exact) mass is 346 g/mol. The molecule has 0 spiro atoms. The number of ether oxygens (including phenoxy) is 1. The molecule has 2 rings (SSSR count). The molecule has 1 heterocycles. The summed E-state index contributed by atoms with van der Waals surface area (Å²) in [6.07, 6.45) is 0.992. The minimum absolute atomic E-state index is 0.126. The number of aromatic nitrogens is 1. The lowest BCUT2D eigenvalue weighted by Crippen LogP contribution is -2.39. The van der Waals surface area contributed by atoms with E-state index in [4.69, 9.17) is 9.26 Å². The fraction of sp³-hybridized carbons (Fsp3) is 0.444. The van der Waals surface area contributed by atoms with Crippen LogP contribution in [-0.2, 0) is 6.54 Å². The fourth-order valence-electron chi connectivity index (χ4n) is 2.17. The molecule has 1 aromatic carbocycles. The van der Waals surface area contributed by atoms with Gasteiger partial charge in [-0.2, -0.15) is 0 Å². The van der Waals surface area contributed by atoms with Gasteiger partial charge in [0.25, 0.3) is 0 Å². The van der Waals surface area contributed by atoms with E-state index in [1.54, 1.807) is 6.07 Å². The quantitative estimate of drug-likeness (QED) is 0.502. The summed E-state index contributed by atoms with van der Waals surface area (Å²) < 4.78 is 10.4. The molecule has 0 radical (unpaired) electrons. The topological polar surface area (TPSA) is 91.9 Å². The van der Waals surface area contributed by atoms with Crippen LogP contribution in [0, 0.1) is 0 Å². The van der Waals surface area contributed by atoms with E-state index in [2.05, 4.69) is 20.8 Å². The second-order valence-electron chi connectivity index (χ2n) is 5.82. The molecule has 2 aromatic rings. The van der Waals surface area contributed by atoms with Gasteiger partial charge in [0.15, 0.2) is 5.96 Å². The van der Waals surface area contributed by atoms with E-state index in [0.717, 1.165) is 23.6 Å². The van der Waals surface area contributed by atoms with E-state index in [1.807, 2.05) is 45.0 Å². The SMILES string of the molecule is CCNC(=NCc1ccon1)NCC(O)c1ccc(OC(C)C)cc1. The zero-order valence-corrected chi connectivity index (χ0v) is 14.9. The maximum absolute atomic E-state index is 10.3. The Bertz CT molecular complexity index is 639. The van der Waals surface area contributed by atoms with Crippen molar-refractivity contribution in [1.29, 1.82) is 0 Å². The molecule has 1 aromatic heterocycles. The van der Waals surface area contributed by atoms with E-state index in [0.29, 0.717) is 19.0 Å². The highest BCUT2D eigenvalue weighted by Crippen LogP contribution is 2.18. The van der Waals surface area contributed by atoms with Crippen LogP contribution in [0.1, 0.15) is 38.1 Å². The lowest BCUT2D eigenvalue weighted by atomic mass is 10.1. The zero-order chi connectivity index (χ0) is 18.1. The van der Waals surface area contributed by atoms with Crippen LogP contribution < -0.4 is 15.4 Å². The Morgan fingerprint density at radius 1 is 1.24 bits per heavy atom. The second-order valence-corrected chi connectivity index (χ2v) is 5.82. The molecule has 7 heteroatoms. The van der Waals surface area contributed by atoms with Gasteiger partial charge in [0.2, 0.25) is 0 Å². The summed E-state index contributed by atoms with van der Waals surface area (Å²) in [6, 6.07) is 9.22. The molecule has 3 N–H and O–H groups in total. The lowest BCUT2D eigenvalue weighted by molar-refractivity contribution is 0.180. The van der Waals surface area contributed by atoms with Gasteiger partial charge in [-0.3, -0.25) is 0 Å². The van der Waals surface area contributed by atoms with E-state index in [9.17, 15) is 5.11 Å². The number of nitrogens with zero attached hydrogens (tertiary/aromatic N) is 2. The first-order valence-electron chi connectivity index (χ1n) is 8.44. The first-order valence-corrected chi connectivity index (χ1v) is 8.44. The number of nitrogens with one attached hydrogen (secondary N) is 2. The fourth-order valence-corrected chi connectivity index (χ4v) is 2.17. The zero-order valence-electron chi connectivity index (χ0n) is 14.9. The molecule has 1 unspecified atom stereocenters. The van der Waals surface area contributed by atoms with Gasteiger partial charge < -0.3 is 25.0 Å². The number of benzene rings is 1. The van der Waals surface area contributed by atoms with Gasteiger partial charge in [0, 0.05) is 19.2 Å². The Labute approximate surface area is 148 Å². The summed E-state index contributed by atoms with van der Waals surface area (Å²) in [7, 11) is 0. The maximum Gasteiger partial charge on any atom is 0.191 e. The summed E-state index contributed by atoms with van der Waals surface area (Å²) in [5.41, 5.74) is 1.56. The molecule has 0 aliphatic heterocycles. The Kier molecular flexibility index (Phi) is 7.28. The molecule has 0 aliphatic rings. The van der Waals surface area contributed by atoms with Crippen molar-refractivity contribution in [1.82, 2.24) is 15.8 Å². The van der Waals surface area contributed by atoms with Gasteiger partial charge in [-0.05, 0) is 38.5 Å². The van der Waals surface area contributed by atoms with Crippen molar-refractivity contribution in [2.75, 3.05) is 13.1 Å². The maximum atomic E-state index is 10.3. The van der Waals surface area contributed by atoms with Crippen molar-refractivity contribution in [2.45, 2.75) is 39.5 Å². The Hall–Kier alpha value is -2.54. The van der Waals surface area contributed by atoms with Crippen LogP contribution >= 0.6 is 0 Å². The first-order chi connectivity index (χ1) is 12.1. The molecule has 25 heavy (non-hydrogen) atoms. The smallest absolute Gasteiger partial charge is 0.191 e. The number of aliphatic imine (C=N–C) groups is 1. The first kappa shape index (κ1) is 18.8. The van der Waals surface area contributed by atoms with Gasteiger partial charge in [-0.25, -0.2) is 4.99 Å². The highest BCUT2D eigenvalue weighted by molar-refractivity contribution is 5.79. The second kappa shape index (κ2) is 9.68. The number of guanidine groups is 1. The van der Waals surface area contributed by atoms with Gasteiger partial charge in [0.1, 0.15) is 17.7 Å². The van der Waals surface area contributed by atoms with Crippen LogP contribution in [0.5, 0.6) is 5.75 Å². The van der Waals surface area contributed by atoms with Crippen LogP contribution in [-0.4, -0.2) is 35.4 Å². The van der Waals surface area contributed by atoms with E-state index in [1.165, 1.54) is 6.26 Å². The van der Waals surface area contributed by atoms with Crippen molar-refractivity contribution in [2.24, 2.45) is 4.99 Å². The average molecular weight is 346 g/mol. The molecule has 7 nitrogen and oxygen atoms in total. The van der Waals surface area contributed by atoms with Crippen LogP contribution in [0.25, 0.3) is 0 Å². The van der Waals surface area contributed by atoms with E-state index >= 15 is 0 Å². The predicted octanol–water partition coefficient (Wildman–Crippen LogP) is 2.25. The Morgan fingerprint density at radius 3 is 2.60 bits per heavy atom. The van der Waals surface area contributed by atoms with Crippen molar-refractivity contribution in [3.63, 3.8) is 0 Å². The van der Waals surface area contributed by atoms with Crippen LogP contribution in [0.15, 0.2) is 46.1 Å². The summed E-state index contributed by atoms with van der Waals surface area (Å²) in [4.78, 5) is 4.41. The molecule has 0 fully saturated rings. The van der Waals surface area contributed by atoms with E-state index in [-0.39, 0.29) is 6.10 Å².